The van der Waals surface area contributed by atoms with Gasteiger partial charge in [0.25, 0.3) is 8.32 Å². The molecule has 3 aromatic carbocycles. The van der Waals surface area contributed by atoms with Crippen LogP contribution in [0.2, 0.25) is 5.04 Å². The highest BCUT2D eigenvalue weighted by Crippen LogP contribution is 2.37. The zero-order valence-corrected chi connectivity index (χ0v) is 29.8. The monoisotopic (exact) mass is 667 g/mol. The second-order valence-corrected chi connectivity index (χ2v) is 19.0. The summed E-state index contributed by atoms with van der Waals surface area (Å²) in [5.41, 5.74) is 0.872. The van der Waals surface area contributed by atoms with Crippen LogP contribution in [-0.2, 0) is 28.7 Å². The highest BCUT2D eigenvalue weighted by molar-refractivity contribution is 7.89. The fourth-order valence-corrected chi connectivity index (χ4v) is 12.3. The van der Waals surface area contributed by atoms with E-state index < -0.39 is 30.5 Å². The third-order valence-corrected chi connectivity index (χ3v) is 15.2. The van der Waals surface area contributed by atoms with Gasteiger partial charge in [0.15, 0.2) is 0 Å². The number of hydrogen-bond acceptors (Lipinski definition) is 7. The summed E-state index contributed by atoms with van der Waals surface area (Å²) < 4.78 is 52.8. The third-order valence-electron chi connectivity index (χ3n) is 8.30. The first kappa shape index (κ1) is 35.8. The van der Waals surface area contributed by atoms with Gasteiger partial charge in [-0.05, 0) is 79.6 Å². The molecule has 1 unspecified atom stereocenters. The maximum Gasteiger partial charge on any atom is 0.351 e. The second-order valence-electron chi connectivity index (χ2n) is 12.8. The van der Waals surface area contributed by atoms with E-state index in [-0.39, 0.29) is 41.5 Å². The van der Waals surface area contributed by atoms with E-state index in [1.807, 2.05) is 26.0 Å². The lowest BCUT2D eigenvalue weighted by atomic mass is 10.2. The number of unbranched alkanes of at least 4 members (excludes halogenated alkanes) is 1. The van der Waals surface area contributed by atoms with Crippen LogP contribution in [0, 0.1) is 6.92 Å². The minimum Gasteiger partial charge on any atom is -0.489 e. The minimum absolute atomic E-state index is 0.0137. The number of carbonyl (C=O) groups excluding carboxylic acids is 1. The van der Waals surface area contributed by atoms with E-state index in [1.54, 1.807) is 25.1 Å². The van der Waals surface area contributed by atoms with Gasteiger partial charge >= 0.3 is 5.97 Å². The van der Waals surface area contributed by atoms with Crippen molar-refractivity contribution in [2.75, 3.05) is 26.4 Å². The fourth-order valence-electron chi connectivity index (χ4n) is 6.10. The van der Waals surface area contributed by atoms with Gasteiger partial charge in [0.05, 0.1) is 19.3 Å². The molecule has 0 aliphatic carbocycles. The Balaban J connectivity index is 1.45. The molecule has 0 saturated carbocycles. The number of hydrogen-bond donors (Lipinski definition) is 0. The molecule has 0 amide bonds. The van der Waals surface area contributed by atoms with Crippen molar-refractivity contribution in [1.29, 1.82) is 0 Å². The predicted molar refractivity (Wildman–Crippen MR) is 184 cm³/mol. The maximum absolute atomic E-state index is 13.9. The van der Waals surface area contributed by atoms with Gasteiger partial charge in [-0.15, -0.1) is 0 Å². The average molecular weight is 668 g/mol. The van der Waals surface area contributed by atoms with E-state index in [4.69, 9.17) is 18.6 Å². The van der Waals surface area contributed by atoms with Crippen LogP contribution in [-0.4, -0.2) is 65.7 Å². The highest BCUT2D eigenvalue weighted by atomic mass is 32.2. The Morgan fingerprint density at radius 1 is 1.00 bits per heavy atom. The number of sulfonamides is 1. The summed E-state index contributed by atoms with van der Waals surface area (Å²) >= 11 is 0. The molecule has 46 heavy (non-hydrogen) atoms. The molecule has 0 spiro atoms. The Bertz CT molecular complexity index is 1490. The maximum atomic E-state index is 13.9. The molecule has 1 heterocycles. The van der Waals surface area contributed by atoms with Crippen molar-refractivity contribution < 1.29 is 31.8 Å². The Labute approximate surface area is 276 Å². The van der Waals surface area contributed by atoms with E-state index >= 15 is 0 Å². The number of rotatable bonds is 14. The fraction of sp³-hybridized carbons (Fsp3) is 0.472. The van der Waals surface area contributed by atoms with Gasteiger partial charge in [-0.25, -0.2) is 13.2 Å². The molecule has 1 aliphatic rings. The zero-order valence-electron chi connectivity index (χ0n) is 28.0. The molecule has 10 heteroatoms. The van der Waals surface area contributed by atoms with E-state index in [9.17, 15) is 13.2 Å². The van der Waals surface area contributed by atoms with Crippen molar-refractivity contribution in [1.82, 2.24) is 4.31 Å². The summed E-state index contributed by atoms with van der Waals surface area (Å²) in [5.74, 6) is -0.446. The number of ether oxygens (including phenoxy) is 3. The Morgan fingerprint density at radius 2 is 1.63 bits per heavy atom. The molecule has 0 bridgehead atoms. The van der Waals surface area contributed by atoms with Crippen molar-refractivity contribution >= 4 is 34.7 Å². The first-order chi connectivity index (χ1) is 21.9. The summed E-state index contributed by atoms with van der Waals surface area (Å²) in [7, 11) is -6.72. The predicted octanol–water partition coefficient (Wildman–Crippen LogP) is 5.81. The van der Waals surface area contributed by atoms with E-state index in [1.165, 1.54) is 10.4 Å². The molecule has 1 aliphatic heterocycles. The summed E-state index contributed by atoms with van der Waals surface area (Å²) in [6.45, 7) is 13.5. The van der Waals surface area contributed by atoms with Gasteiger partial charge < -0.3 is 18.6 Å². The van der Waals surface area contributed by atoms with Crippen LogP contribution in [0.3, 0.4) is 0 Å². The quantitative estimate of drug-likeness (QED) is 0.122. The van der Waals surface area contributed by atoms with Crippen LogP contribution in [0.5, 0.6) is 5.75 Å². The third kappa shape index (κ3) is 8.09. The standard InChI is InChI=1S/C36H49NO7SSi/c1-7-41-35(38)34-37(24-16-25-42-34)45(39,40)33-23-22-28(2)27-32(33)44-29(3)17-14-15-26-43-46(36(4,5)6,30-18-10-8-11-19-30)31-20-12-9-13-21-31/h8-13,18-23,27,29,34H,7,14-17,24-26H2,1-6H3/t29-,34?/m1/s1. The molecule has 250 valence electrons. The molecule has 1 fully saturated rings. The molecule has 4 rings (SSSR count). The van der Waals surface area contributed by atoms with Crippen LogP contribution in [0.4, 0.5) is 0 Å². The lowest BCUT2D eigenvalue weighted by Gasteiger charge is -2.43. The smallest absolute Gasteiger partial charge is 0.351 e. The minimum atomic E-state index is -4.11. The SMILES string of the molecule is CCOC(=O)C1OCCCN1S(=O)(=O)c1ccc(C)cc1O[C@H](C)CCCCO[Si](c1ccccc1)(c1ccccc1)C(C)(C)C. The van der Waals surface area contributed by atoms with Gasteiger partial charge in [-0.2, -0.15) is 4.31 Å². The summed E-state index contributed by atoms with van der Waals surface area (Å²) in [6, 6.07) is 26.2. The number of nitrogens with zero attached hydrogens (tertiary/aromatic N) is 1. The van der Waals surface area contributed by atoms with Gasteiger partial charge in [0.2, 0.25) is 16.3 Å². The van der Waals surface area contributed by atoms with Gasteiger partial charge in [0, 0.05) is 13.2 Å². The van der Waals surface area contributed by atoms with E-state index in [0.717, 1.165) is 29.1 Å². The summed E-state index contributed by atoms with van der Waals surface area (Å²) in [5, 5.41) is 2.41. The van der Waals surface area contributed by atoms with E-state index in [0.29, 0.717) is 13.0 Å². The van der Waals surface area contributed by atoms with Crippen LogP contribution in [0.1, 0.15) is 65.9 Å². The lowest BCUT2D eigenvalue weighted by molar-refractivity contribution is -0.169. The normalized spacial score (nSPS) is 17.0. The van der Waals surface area contributed by atoms with Crippen molar-refractivity contribution in [2.45, 2.75) is 89.5 Å². The van der Waals surface area contributed by atoms with Crippen molar-refractivity contribution in [3.05, 3.63) is 84.4 Å². The van der Waals surface area contributed by atoms with Crippen molar-refractivity contribution in [2.24, 2.45) is 0 Å². The molecule has 0 aromatic heterocycles. The van der Waals surface area contributed by atoms with Gasteiger partial charge in [-0.1, -0.05) is 87.5 Å². The summed E-state index contributed by atoms with van der Waals surface area (Å²) in [6.07, 6.45) is 1.31. The number of aryl methyl sites for hydroxylation is 1. The van der Waals surface area contributed by atoms with Crippen LogP contribution in [0.25, 0.3) is 0 Å². The number of benzene rings is 3. The Kier molecular flexibility index (Phi) is 12.2. The number of carbonyl (C=O) groups is 1. The number of esters is 1. The zero-order chi connectivity index (χ0) is 33.4. The van der Waals surface area contributed by atoms with Crippen LogP contribution in [0.15, 0.2) is 83.8 Å². The van der Waals surface area contributed by atoms with Gasteiger partial charge in [0.1, 0.15) is 10.6 Å². The van der Waals surface area contributed by atoms with Crippen molar-refractivity contribution in [3.8, 4) is 5.75 Å². The molecule has 8 nitrogen and oxygen atoms in total. The van der Waals surface area contributed by atoms with Crippen LogP contribution >= 0.6 is 0 Å². The van der Waals surface area contributed by atoms with E-state index in [2.05, 4.69) is 69.3 Å². The largest absolute Gasteiger partial charge is 0.489 e. The second kappa shape index (κ2) is 15.7. The lowest BCUT2D eigenvalue weighted by Crippen LogP contribution is -2.66. The Hall–Kier alpha value is -3.02. The molecule has 0 N–H and O–H groups in total. The highest BCUT2D eigenvalue weighted by Gasteiger charge is 2.50. The topological polar surface area (TPSA) is 91.4 Å². The molecular formula is C36H49NO7SSi. The molecule has 1 saturated heterocycles. The molecular weight excluding hydrogens is 619 g/mol. The summed E-state index contributed by atoms with van der Waals surface area (Å²) in [4.78, 5) is 12.6. The molecule has 2 atom stereocenters. The Morgan fingerprint density at radius 3 is 2.22 bits per heavy atom. The first-order valence-corrected chi connectivity index (χ1v) is 19.6. The van der Waals surface area contributed by atoms with Gasteiger partial charge in [-0.3, -0.25) is 0 Å². The molecule has 3 aromatic rings. The molecule has 0 radical (unpaired) electrons. The average Bonchev–Trinajstić information content (AvgIpc) is 3.03. The first-order valence-electron chi connectivity index (χ1n) is 16.2. The van der Waals surface area contributed by atoms with Crippen molar-refractivity contribution in [3.63, 3.8) is 0 Å². The van der Waals surface area contributed by atoms with Crippen LogP contribution < -0.4 is 15.1 Å².